The molecule has 1 aromatic carbocycles. The maximum Gasteiger partial charge on any atom is 0.330 e. The molecule has 4 rings (SSSR count). The fraction of sp³-hybridized carbons (Fsp3) is 0.458. The summed E-state index contributed by atoms with van der Waals surface area (Å²) in [6, 6.07) is 12.2. The summed E-state index contributed by atoms with van der Waals surface area (Å²) in [4.78, 5) is 20.1. The van der Waals surface area contributed by atoms with Crippen molar-refractivity contribution in [3.63, 3.8) is 0 Å². The highest BCUT2D eigenvalue weighted by Gasteiger charge is 2.20. The van der Waals surface area contributed by atoms with Crippen molar-refractivity contribution in [2.24, 2.45) is 12.5 Å². The number of aromatic nitrogens is 3. The molecular weight excluding hydrogens is 374 g/mol. The van der Waals surface area contributed by atoms with E-state index < -0.39 is 0 Å². The summed E-state index contributed by atoms with van der Waals surface area (Å²) >= 11 is 0. The molecule has 2 aromatic heterocycles. The molecular formula is C24H29N5O. The van der Waals surface area contributed by atoms with E-state index in [1.165, 1.54) is 18.4 Å². The zero-order valence-corrected chi connectivity index (χ0v) is 18.3. The third-order valence-electron chi connectivity index (χ3n) is 5.70. The van der Waals surface area contributed by atoms with Crippen molar-refractivity contribution >= 4 is 11.2 Å². The van der Waals surface area contributed by atoms with Crippen LogP contribution in [-0.2, 0) is 20.1 Å². The normalized spacial score (nSPS) is 15.0. The van der Waals surface area contributed by atoms with Gasteiger partial charge in [-0.2, -0.15) is 5.26 Å². The quantitative estimate of drug-likeness (QED) is 0.662. The zero-order chi connectivity index (χ0) is 21.5. The predicted molar refractivity (Wildman–Crippen MR) is 119 cm³/mol. The van der Waals surface area contributed by atoms with Gasteiger partial charge in [0.15, 0.2) is 5.65 Å². The first-order valence-corrected chi connectivity index (χ1v) is 10.6. The van der Waals surface area contributed by atoms with E-state index in [1.807, 2.05) is 24.3 Å². The number of pyridine rings is 1. The molecule has 156 valence electrons. The minimum atomic E-state index is -0.0622. The highest BCUT2D eigenvalue weighted by Crippen LogP contribution is 2.27. The van der Waals surface area contributed by atoms with Gasteiger partial charge in [-0.05, 0) is 61.2 Å². The Bertz CT molecular complexity index is 1180. The number of fused-ring (bicyclic) bond motifs is 1. The molecule has 1 aliphatic rings. The largest absolute Gasteiger partial charge is 0.330 e. The smallest absolute Gasteiger partial charge is 0.299 e. The number of hydrogen-bond acceptors (Lipinski definition) is 4. The van der Waals surface area contributed by atoms with Gasteiger partial charge in [0.2, 0.25) is 0 Å². The van der Waals surface area contributed by atoms with Crippen LogP contribution in [0.2, 0.25) is 0 Å². The minimum absolute atomic E-state index is 0.0192. The number of imidazole rings is 1. The molecule has 0 aliphatic carbocycles. The number of aryl methyl sites for hydroxylation is 1. The minimum Gasteiger partial charge on any atom is -0.299 e. The average molecular weight is 404 g/mol. The maximum atomic E-state index is 12.8. The van der Waals surface area contributed by atoms with Crippen LogP contribution in [0.1, 0.15) is 44.7 Å². The van der Waals surface area contributed by atoms with Crippen LogP contribution in [0.15, 0.2) is 35.1 Å². The van der Waals surface area contributed by atoms with Gasteiger partial charge in [-0.1, -0.05) is 26.8 Å². The number of rotatable bonds is 4. The van der Waals surface area contributed by atoms with Crippen molar-refractivity contribution in [3.05, 3.63) is 51.9 Å². The molecule has 0 atom stereocenters. The molecule has 1 saturated heterocycles. The van der Waals surface area contributed by atoms with Crippen LogP contribution in [0.5, 0.6) is 0 Å². The Morgan fingerprint density at radius 2 is 1.87 bits per heavy atom. The summed E-state index contributed by atoms with van der Waals surface area (Å²) < 4.78 is 3.39. The van der Waals surface area contributed by atoms with Crippen LogP contribution in [0, 0.1) is 16.7 Å². The van der Waals surface area contributed by atoms with Crippen molar-refractivity contribution in [1.29, 1.82) is 5.26 Å². The second-order valence-corrected chi connectivity index (χ2v) is 9.50. The second-order valence-electron chi connectivity index (χ2n) is 9.50. The SMILES string of the molecule is Cn1c(=O)n(CC(C)(C)C)c2ccc(-c3cc(CN4CCCC4)ccc3C#N)nc21. The van der Waals surface area contributed by atoms with Crippen LogP contribution in [0.4, 0.5) is 0 Å². The van der Waals surface area contributed by atoms with E-state index in [-0.39, 0.29) is 11.1 Å². The van der Waals surface area contributed by atoms with Gasteiger partial charge in [0.05, 0.1) is 22.8 Å². The molecule has 1 aliphatic heterocycles. The van der Waals surface area contributed by atoms with Gasteiger partial charge < -0.3 is 0 Å². The molecule has 0 spiro atoms. The fourth-order valence-electron chi connectivity index (χ4n) is 4.25. The predicted octanol–water partition coefficient (Wildman–Crippen LogP) is 3.92. The molecule has 6 nitrogen and oxygen atoms in total. The monoisotopic (exact) mass is 403 g/mol. The van der Waals surface area contributed by atoms with Crippen molar-refractivity contribution in [1.82, 2.24) is 19.0 Å². The summed E-state index contributed by atoms with van der Waals surface area (Å²) in [6.07, 6.45) is 2.50. The lowest BCUT2D eigenvalue weighted by molar-refractivity contribution is 0.331. The molecule has 0 N–H and O–H groups in total. The molecule has 0 bridgehead atoms. The van der Waals surface area contributed by atoms with E-state index in [0.717, 1.165) is 36.4 Å². The lowest BCUT2D eigenvalue weighted by Gasteiger charge is -2.18. The van der Waals surface area contributed by atoms with E-state index in [4.69, 9.17) is 4.98 Å². The van der Waals surface area contributed by atoms with Crippen LogP contribution in [0.3, 0.4) is 0 Å². The third-order valence-corrected chi connectivity index (χ3v) is 5.70. The summed E-state index contributed by atoms with van der Waals surface area (Å²) in [5.41, 5.74) is 4.74. The average Bonchev–Trinajstić information content (AvgIpc) is 3.30. The standard InChI is InChI=1S/C24H29N5O/c1-24(2,3)16-29-21-10-9-20(26-22(21)27(4)23(29)30)19-13-17(7-8-18(19)14-25)15-28-11-5-6-12-28/h7-10,13H,5-6,11-12,15-16H2,1-4H3. The zero-order valence-electron chi connectivity index (χ0n) is 18.3. The first kappa shape index (κ1) is 20.4. The maximum absolute atomic E-state index is 12.8. The Balaban J connectivity index is 1.78. The third kappa shape index (κ3) is 3.90. The number of likely N-dealkylation sites (tertiary alicyclic amines) is 1. The van der Waals surface area contributed by atoms with Gasteiger partial charge in [0, 0.05) is 25.7 Å². The number of hydrogen-bond donors (Lipinski definition) is 0. The molecule has 0 radical (unpaired) electrons. The highest BCUT2D eigenvalue weighted by molar-refractivity contribution is 5.78. The Hall–Kier alpha value is -2.91. The lowest BCUT2D eigenvalue weighted by Crippen LogP contribution is -2.27. The lowest BCUT2D eigenvalue weighted by atomic mass is 9.97. The molecule has 3 heterocycles. The highest BCUT2D eigenvalue weighted by atomic mass is 16.1. The van der Waals surface area contributed by atoms with Gasteiger partial charge in [-0.25, -0.2) is 9.78 Å². The first-order valence-electron chi connectivity index (χ1n) is 10.6. The second kappa shape index (κ2) is 7.73. The van der Waals surface area contributed by atoms with Crippen molar-refractivity contribution in [3.8, 4) is 17.3 Å². The van der Waals surface area contributed by atoms with E-state index in [0.29, 0.717) is 17.8 Å². The topological polar surface area (TPSA) is 66.8 Å². The van der Waals surface area contributed by atoms with Gasteiger partial charge in [0.1, 0.15) is 0 Å². The first-order chi connectivity index (χ1) is 14.3. The summed E-state index contributed by atoms with van der Waals surface area (Å²) in [6.45, 7) is 10.1. The van der Waals surface area contributed by atoms with Crippen LogP contribution in [-0.4, -0.2) is 32.1 Å². The molecule has 0 unspecified atom stereocenters. The van der Waals surface area contributed by atoms with E-state index in [9.17, 15) is 10.1 Å². The van der Waals surface area contributed by atoms with E-state index in [2.05, 4.69) is 37.8 Å². The van der Waals surface area contributed by atoms with Crippen LogP contribution in [0.25, 0.3) is 22.4 Å². The Labute approximate surface area is 177 Å². The number of benzene rings is 1. The summed E-state index contributed by atoms with van der Waals surface area (Å²) in [5.74, 6) is 0. The number of nitriles is 1. The van der Waals surface area contributed by atoms with Gasteiger partial charge >= 0.3 is 5.69 Å². The van der Waals surface area contributed by atoms with Gasteiger partial charge in [-0.3, -0.25) is 14.0 Å². The van der Waals surface area contributed by atoms with E-state index >= 15 is 0 Å². The summed E-state index contributed by atoms with van der Waals surface area (Å²) in [5, 5.41) is 9.65. The van der Waals surface area contributed by atoms with Crippen LogP contribution < -0.4 is 5.69 Å². The molecule has 30 heavy (non-hydrogen) atoms. The van der Waals surface area contributed by atoms with Crippen molar-refractivity contribution in [2.45, 2.75) is 46.7 Å². The summed E-state index contributed by atoms with van der Waals surface area (Å²) in [7, 11) is 1.76. The molecule has 3 aromatic rings. The molecule has 6 heteroatoms. The molecule has 0 saturated carbocycles. The molecule has 1 fully saturated rings. The Kier molecular flexibility index (Phi) is 5.25. The molecule has 0 amide bonds. The van der Waals surface area contributed by atoms with E-state index in [1.54, 1.807) is 16.2 Å². The fourth-order valence-corrected chi connectivity index (χ4v) is 4.25. The van der Waals surface area contributed by atoms with Crippen molar-refractivity contribution < 1.29 is 0 Å². The number of nitrogens with zero attached hydrogens (tertiary/aromatic N) is 5. The Morgan fingerprint density at radius 3 is 2.53 bits per heavy atom. The van der Waals surface area contributed by atoms with Gasteiger partial charge in [0.25, 0.3) is 0 Å². The van der Waals surface area contributed by atoms with Crippen molar-refractivity contribution in [2.75, 3.05) is 13.1 Å². The Morgan fingerprint density at radius 1 is 1.13 bits per heavy atom. The van der Waals surface area contributed by atoms with Gasteiger partial charge in [-0.15, -0.1) is 0 Å². The van der Waals surface area contributed by atoms with Crippen LogP contribution >= 0.6 is 0 Å².